The van der Waals surface area contributed by atoms with Crippen molar-refractivity contribution in [1.82, 2.24) is 4.90 Å². The summed E-state index contributed by atoms with van der Waals surface area (Å²) >= 11 is 6.04. The molecule has 0 aliphatic carbocycles. The van der Waals surface area contributed by atoms with Gasteiger partial charge in [0.15, 0.2) is 0 Å². The molecule has 2 rings (SSSR count). The first-order valence-corrected chi connectivity index (χ1v) is 7.05. The van der Waals surface area contributed by atoms with E-state index in [1.807, 2.05) is 30.9 Å². The Morgan fingerprint density at radius 2 is 2.05 bits per heavy atom. The molecular weight excluding hydrogens is 278 g/mol. The second-order valence-corrected chi connectivity index (χ2v) is 5.81. The van der Waals surface area contributed by atoms with Crippen molar-refractivity contribution >= 4 is 17.6 Å². The number of ether oxygens (including phenoxy) is 1. The normalized spacial score (nSPS) is 23.1. The molecule has 1 saturated heterocycles. The van der Waals surface area contributed by atoms with E-state index in [1.54, 1.807) is 0 Å². The van der Waals surface area contributed by atoms with Gasteiger partial charge in [0.1, 0.15) is 6.04 Å². The van der Waals surface area contributed by atoms with E-state index < -0.39 is 6.10 Å². The highest BCUT2D eigenvalue weighted by Crippen LogP contribution is 2.26. The molecule has 0 unspecified atom stereocenters. The minimum Gasteiger partial charge on any atom is -0.468 e. The van der Waals surface area contributed by atoms with E-state index in [0.717, 1.165) is 21.7 Å². The SMILES string of the molecule is COC(=O)[C@H]1C[C@H](O)CN1Cc1c(C)cc(Cl)cc1C. The van der Waals surface area contributed by atoms with E-state index in [-0.39, 0.29) is 12.0 Å². The van der Waals surface area contributed by atoms with Gasteiger partial charge in [-0.3, -0.25) is 9.69 Å². The van der Waals surface area contributed by atoms with Crippen LogP contribution in [0.1, 0.15) is 23.1 Å². The summed E-state index contributed by atoms with van der Waals surface area (Å²) in [7, 11) is 1.38. The maximum absolute atomic E-state index is 11.8. The summed E-state index contributed by atoms with van der Waals surface area (Å²) in [5.41, 5.74) is 3.34. The molecule has 1 fully saturated rings. The zero-order chi connectivity index (χ0) is 14.9. The number of hydrogen-bond acceptors (Lipinski definition) is 4. The number of aliphatic hydroxyl groups excluding tert-OH is 1. The van der Waals surface area contributed by atoms with Crippen LogP contribution in [0.15, 0.2) is 12.1 Å². The first kappa shape index (κ1) is 15.3. The Morgan fingerprint density at radius 1 is 1.45 bits per heavy atom. The first-order valence-electron chi connectivity index (χ1n) is 6.68. The second kappa shape index (κ2) is 6.12. The second-order valence-electron chi connectivity index (χ2n) is 5.38. The molecule has 0 bridgehead atoms. The Bertz CT molecular complexity index is 495. The minimum absolute atomic E-state index is 0.286. The van der Waals surface area contributed by atoms with Gasteiger partial charge in [0.2, 0.25) is 0 Å². The van der Waals surface area contributed by atoms with Gasteiger partial charge in [-0.25, -0.2) is 0 Å². The first-order chi connectivity index (χ1) is 9.42. The molecule has 1 heterocycles. The molecule has 20 heavy (non-hydrogen) atoms. The van der Waals surface area contributed by atoms with Gasteiger partial charge in [-0.2, -0.15) is 0 Å². The van der Waals surface area contributed by atoms with Crippen LogP contribution in [-0.2, 0) is 16.1 Å². The number of benzene rings is 1. The molecular formula is C15H20ClNO3. The zero-order valence-corrected chi connectivity index (χ0v) is 12.8. The fraction of sp³-hybridized carbons (Fsp3) is 0.533. The monoisotopic (exact) mass is 297 g/mol. The van der Waals surface area contributed by atoms with E-state index >= 15 is 0 Å². The van der Waals surface area contributed by atoms with Crippen molar-refractivity contribution in [1.29, 1.82) is 0 Å². The maximum atomic E-state index is 11.8. The molecule has 110 valence electrons. The van der Waals surface area contributed by atoms with Crippen LogP contribution >= 0.6 is 11.6 Å². The number of likely N-dealkylation sites (tertiary alicyclic amines) is 1. The van der Waals surface area contributed by atoms with Crippen molar-refractivity contribution in [2.24, 2.45) is 0 Å². The van der Waals surface area contributed by atoms with Crippen LogP contribution in [0.2, 0.25) is 5.02 Å². The summed E-state index contributed by atoms with van der Waals surface area (Å²) in [4.78, 5) is 13.8. The standard InChI is InChI=1S/C15H20ClNO3/c1-9-4-11(16)5-10(2)13(9)8-17-7-12(18)6-14(17)15(19)20-3/h4-5,12,14,18H,6-8H2,1-3H3/t12-,14+/m0/s1. The Kier molecular flexibility index (Phi) is 4.68. The summed E-state index contributed by atoms with van der Waals surface area (Å²) in [5.74, 6) is -0.286. The predicted molar refractivity (Wildman–Crippen MR) is 77.8 cm³/mol. The summed E-state index contributed by atoms with van der Waals surface area (Å²) in [6.45, 7) is 5.12. The molecule has 0 aromatic heterocycles. The van der Waals surface area contributed by atoms with Gasteiger partial charge in [0.05, 0.1) is 13.2 Å². The third-order valence-electron chi connectivity index (χ3n) is 3.88. The predicted octanol–water partition coefficient (Wildman–Crippen LogP) is 2.07. The van der Waals surface area contributed by atoms with Gasteiger partial charge in [-0.15, -0.1) is 0 Å². The Labute approximate surface area is 124 Å². The van der Waals surface area contributed by atoms with Crippen molar-refractivity contribution in [3.8, 4) is 0 Å². The summed E-state index contributed by atoms with van der Waals surface area (Å²) < 4.78 is 4.82. The number of rotatable bonds is 3. The van der Waals surface area contributed by atoms with Gasteiger partial charge in [-0.1, -0.05) is 11.6 Å². The number of β-amino-alcohol motifs (C(OH)–C–C–N with tert-alkyl or cyclic N) is 1. The molecule has 1 aliphatic rings. The molecule has 2 atom stereocenters. The number of aryl methyl sites for hydroxylation is 2. The van der Waals surface area contributed by atoms with Gasteiger partial charge in [0, 0.05) is 24.5 Å². The van der Waals surface area contributed by atoms with E-state index in [1.165, 1.54) is 7.11 Å². The van der Waals surface area contributed by atoms with Crippen molar-refractivity contribution in [2.75, 3.05) is 13.7 Å². The van der Waals surface area contributed by atoms with E-state index in [4.69, 9.17) is 16.3 Å². The number of halogens is 1. The number of esters is 1. The van der Waals surface area contributed by atoms with E-state index in [9.17, 15) is 9.90 Å². The molecule has 4 nitrogen and oxygen atoms in total. The van der Waals surface area contributed by atoms with Crippen LogP contribution < -0.4 is 0 Å². The van der Waals surface area contributed by atoms with Crippen LogP contribution in [0, 0.1) is 13.8 Å². The largest absolute Gasteiger partial charge is 0.468 e. The number of carbonyl (C=O) groups is 1. The molecule has 1 aromatic carbocycles. The quantitative estimate of drug-likeness (QED) is 0.868. The van der Waals surface area contributed by atoms with Crippen LogP contribution in [0.4, 0.5) is 0 Å². The lowest BCUT2D eigenvalue weighted by molar-refractivity contribution is -0.146. The average Bonchev–Trinajstić information content (AvgIpc) is 2.74. The number of aliphatic hydroxyl groups is 1. The molecule has 1 aromatic rings. The van der Waals surface area contributed by atoms with E-state index in [0.29, 0.717) is 19.5 Å². The number of hydrogen-bond donors (Lipinski definition) is 1. The molecule has 0 amide bonds. The highest BCUT2D eigenvalue weighted by molar-refractivity contribution is 6.30. The molecule has 5 heteroatoms. The summed E-state index contributed by atoms with van der Waals surface area (Å²) in [5, 5.41) is 10.5. The highest BCUT2D eigenvalue weighted by atomic mass is 35.5. The van der Waals surface area contributed by atoms with Crippen LogP contribution in [0.5, 0.6) is 0 Å². The van der Waals surface area contributed by atoms with Gasteiger partial charge < -0.3 is 9.84 Å². The minimum atomic E-state index is -0.480. The molecule has 0 saturated carbocycles. The topological polar surface area (TPSA) is 49.8 Å². The fourth-order valence-corrected chi connectivity index (χ4v) is 3.16. The average molecular weight is 298 g/mol. The Morgan fingerprint density at radius 3 is 2.60 bits per heavy atom. The Hall–Kier alpha value is -1.10. The molecule has 1 aliphatic heterocycles. The third-order valence-corrected chi connectivity index (χ3v) is 4.09. The summed E-state index contributed by atoms with van der Waals surface area (Å²) in [6.07, 6.45) is -0.0507. The number of nitrogens with zero attached hydrogens (tertiary/aromatic N) is 1. The number of carbonyl (C=O) groups excluding carboxylic acids is 1. The van der Waals surface area contributed by atoms with Crippen LogP contribution in [0.25, 0.3) is 0 Å². The van der Waals surface area contributed by atoms with E-state index in [2.05, 4.69) is 0 Å². The Balaban J connectivity index is 2.22. The zero-order valence-electron chi connectivity index (χ0n) is 12.0. The lowest BCUT2D eigenvalue weighted by atomic mass is 10.0. The van der Waals surface area contributed by atoms with Crippen molar-refractivity contribution in [2.45, 2.75) is 39.0 Å². The van der Waals surface area contributed by atoms with Gasteiger partial charge in [-0.05, 0) is 42.7 Å². The van der Waals surface area contributed by atoms with Gasteiger partial charge >= 0.3 is 5.97 Å². The summed E-state index contributed by atoms with van der Waals surface area (Å²) in [6, 6.07) is 3.47. The van der Waals surface area contributed by atoms with Crippen molar-refractivity contribution in [3.63, 3.8) is 0 Å². The van der Waals surface area contributed by atoms with Crippen LogP contribution in [0.3, 0.4) is 0 Å². The molecule has 0 radical (unpaired) electrons. The smallest absolute Gasteiger partial charge is 0.323 e. The van der Waals surface area contributed by atoms with Gasteiger partial charge in [0.25, 0.3) is 0 Å². The third kappa shape index (κ3) is 3.14. The lowest BCUT2D eigenvalue weighted by Crippen LogP contribution is -2.36. The number of methoxy groups -OCH3 is 1. The lowest BCUT2D eigenvalue weighted by Gasteiger charge is -2.24. The molecule has 0 spiro atoms. The maximum Gasteiger partial charge on any atom is 0.323 e. The molecule has 1 N–H and O–H groups in total. The van der Waals surface area contributed by atoms with Crippen molar-refractivity contribution in [3.05, 3.63) is 33.8 Å². The van der Waals surface area contributed by atoms with Crippen LogP contribution in [-0.4, -0.2) is 41.8 Å². The fourth-order valence-electron chi connectivity index (χ4n) is 2.83. The highest BCUT2D eigenvalue weighted by Gasteiger charge is 2.36. The van der Waals surface area contributed by atoms with Crippen molar-refractivity contribution < 1.29 is 14.6 Å².